The molecule has 11 saturated heterocycles. The number of hydrogen-bond acceptors (Lipinski definition) is 58. The van der Waals surface area contributed by atoms with E-state index in [1.807, 2.05) is 0 Å². The predicted molar refractivity (Wildman–Crippen MR) is 393 cm³/mol. The second kappa shape index (κ2) is 46.8. The van der Waals surface area contributed by atoms with Crippen molar-refractivity contribution >= 4 is 21.6 Å². The van der Waals surface area contributed by atoms with E-state index in [2.05, 4.69) is 0 Å². The zero-order valence-corrected chi connectivity index (χ0v) is 70.0. The van der Waals surface area contributed by atoms with Crippen LogP contribution in [0.4, 0.5) is 0 Å². The minimum Gasteiger partial charge on any atom is -0.479 e. The van der Waals surface area contributed by atoms with E-state index in [-0.39, 0.29) is 13.1 Å². The largest absolute Gasteiger partial charge is 0.479 e. The third-order valence-electron chi connectivity index (χ3n) is 23.1. The molecule has 11 rings (SSSR count). The molecule has 11 aliphatic heterocycles. The Balaban J connectivity index is 0.808. The molecule has 758 valence electrons. The van der Waals surface area contributed by atoms with Crippen LogP contribution < -0.4 is 17.2 Å². The molecule has 11 aliphatic rings. The zero-order chi connectivity index (χ0) is 95.5. The Morgan fingerprint density at radius 3 is 1.20 bits per heavy atom. The van der Waals surface area contributed by atoms with Gasteiger partial charge < -0.3 is 269 Å². The molecule has 11 heterocycles. The van der Waals surface area contributed by atoms with Gasteiger partial charge >= 0.3 is 21.6 Å². The summed E-state index contributed by atoms with van der Waals surface area (Å²) in [6.07, 6.45) is -111. The minimum atomic E-state index is -5.21. The van der Waals surface area contributed by atoms with Gasteiger partial charge in [0, 0.05) is 13.1 Å². The van der Waals surface area contributed by atoms with Crippen LogP contribution in [0.25, 0.3) is 0 Å². The fourth-order valence-corrected chi connectivity index (χ4v) is 17.2. The van der Waals surface area contributed by atoms with Crippen molar-refractivity contribution in [2.45, 2.75) is 326 Å². The van der Waals surface area contributed by atoms with E-state index in [0.29, 0.717) is 0 Å². The summed E-state index contributed by atoms with van der Waals surface area (Å²) >= 11 is 0. The lowest BCUT2D eigenvalue weighted by Gasteiger charge is -2.51. The van der Waals surface area contributed by atoms with Crippen molar-refractivity contribution in [3.63, 3.8) is 0 Å². The molecule has 11 fully saturated rings. The Morgan fingerprint density at radius 2 is 0.677 bits per heavy atom. The monoisotopic (exact) mass is 1950 g/mol. The van der Waals surface area contributed by atoms with Crippen molar-refractivity contribution < 1.29 is 284 Å². The molecular weight excluding hydrogens is 1840 g/mol. The first-order valence-corrected chi connectivity index (χ1v) is 43.7. The molecule has 54 atom stereocenters. The molecule has 0 aliphatic carbocycles. The first-order chi connectivity index (χ1) is 61.3. The standard InChI is InChI=1S/C67H117N3O58P2/c1-15-26(76)35(85)42(92)61(111-15)125-52-46(96)65(116-20(9-74)48(52)121-60-41(91)29(79)21(11-106-60)117-58-40(90)30(80)22(12-105-58)119-67-55(128-59-39(89)27(77)16(75)10-104-59)51(32(82)19(8-73)115-67)124-62-43(93)36(86)38(88)53(126-62)56(97)98)127-54-37(87)28(78)17(6-71)114-66(54)123-50-33(83)23(13-109-129(100,101)107-4-2-68)118-64(45(50)95)122-49-31(81)18(7-72)113-63(44(49)94)120-47-24(112-57(99)25(70)34(47)84)14-110-130(102,103)108-5-3-69/h15-55,57-67,71-96,99H,2-14,68-70H2,1H3,(H,97,98)(H,100,101)(H,102,103)/t15-,16+,17+,18+,19+,20+,21+,22+,23+,24+,25+,26-,27-,28+,29-,30-,31+,32+,33+,34+,35+,36-,37-,38-,39+,40+,41+,42+,43+,44-,45-,46-,47+,48+,49-,50-,51-,52+,53-,54-,55+,57-,58-,59-,60-,61-,62-,63+,64+,65+,66+,67+/m0/s1. The highest BCUT2D eigenvalue weighted by Gasteiger charge is 2.63. The molecule has 0 spiro atoms. The third kappa shape index (κ3) is 24.4. The maximum atomic E-state index is 13.1. The van der Waals surface area contributed by atoms with Gasteiger partial charge in [-0.2, -0.15) is 0 Å². The van der Waals surface area contributed by atoms with Gasteiger partial charge in [0.25, 0.3) is 0 Å². The smallest absolute Gasteiger partial charge is 0.472 e. The van der Waals surface area contributed by atoms with Crippen LogP contribution in [0.15, 0.2) is 0 Å². The van der Waals surface area contributed by atoms with Crippen LogP contribution in [0, 0.1) is 0 Å². The predicted octanol–water partition coefficient (Wildman–Crippen LogP) is -21.8. The van der Waals surface area contributed by atoms with Crippen molar-refractivity contribution in [1.82, 2.24) is 0 Å². The van der Waals surface area contributed by atoms with Crippen LogP contribution in [0.3, 0.4) is 0 Å². The number of carboxylic acid groups (broad SMARTS) is 1. The number of aliphatic carboxylic acids is 1. The van der Waals surface area contributed by atoms with Crippen molar-refractivity contribution in [2.24, 2.45) is 17.2 Å². The van der Waals surface area contributed by atoms with Crippen LogP contribution >= 0.6 is 15.6 Å². The summed E-state index contributed by atoms with van der Waals surface area (Å²) in [6.45, 7) is -10.2. The quantitative estimate of drug-likeness (QED) is 0.0257. The summed E-state index contributed by atoms with van der Waals surface area (Å²) in [6, 6.07) is -1.75. The number of aliphatic hydroxyl groups is 27. The van der Waals surface area contributed by atoms with Gasteiger partial charge in [0.05, 0.1) is 84.8 Å². The molecule has 0 aromatic heterocycles. The molecule has 63 heteroatoms. The molecule has 0 bridgehead atoms. The van der Waals surface area contributed by atoms with Gasteiger partial charge in [-0.25, -0.2) is 13.9 Å². The highest BCUT2D eigenvalue weighted by atomic mass is 31.2. The van der Waals surface area contributed by atoms with Crippen LogP contribution in [0.5, 0.6) is 0 Å². The first-order valence-electron chi connectivity index (χ1n) is 40.7. The van der Waals surface area contributed by atoms with Crippen LogP contribution in [0.2, 0.25) is 0 Å². The van der Waals surface area contributed by atoms with Crippen molar-refractivity contribution in [3.8, 4) is 0 Å². The lowest BCUT2D eigenvalue weighted by Crippen LogP contribution is -2.69. The summed E-state index contributed by atoms with van der Waals surface area (Å²) < 4.78 is 167. The maximum absolute atomic E-state index is 13.1. The average molecular weight is 1950 g/mol. The molecule has 0 amide bonds. The Labute approximate surface area is 733 Å². The number of aliphatic hydroxyl groups excluding tert-OH is 27. The number of phosphoric ester groups is 2. The SMILES string of the molecule is C[C@@H]1O[C@@H](O[C@@H]2[C@H](O)[C@@H](O[C@@H]3[C@@H](O[C@@H]4[C@H](O)[C@@H](O[C@@H]5[C@H](O)[C@@H](O[C@H]6[C@H](O)[C@@H](N)[C@@H](O)O[C@@H]6COP(=O)(O)OCCN)O[C@H](CO)[C@H]5O)O[C@H](COP(=O)(O)OCCN)[C@H]4O)O[C@H](CO)[C@@H](O)[C@@H]3O)O[C@H](CO)[C@H]2O[C@@H]2OC[C@@H](O[C@@H]3OC[C@@H](O[C@H]4O[C@H](CO)[C@@H](O)[C@H](O[C@H]5O[C@H](C(=O)O)[C@@H](O)[C@H](O)[C@H]5O)[C@H]4O[C@@H]4OC[C@@H](O)[C@H](O)[C@H]4O)[C@H](O)[C@H]3O)[C@H](O)[C@H]2O)[C@H](O)[C@H](O)[C@H]1O. The Kier molecular flexibility index (Phi) is 38.9. The lowest BCUT2D eigenvalue weighted by atomic mass is 9.95. The van der Waals surface area contributed by atoms with Crippen molar-refractivity contribution in [2.75, 3.05) is 85.8 Å². The van der Waals surface area contributed by atoms with E-state index in [1.165, 1.54) is 6.92 Å². The topological polar surface area (TPSA) is 967 Å². The van der Waals surface area contributed by atoms with Gasteiger partial charge in [-0.05, 0) is 6.92 Å². The summed E-state index contributed by atoms with van der Waals surface area (Å²) in [5.74, 6) is -1.88. The number of phosphoric acid groups is 2. The first kappa shape index (κ1) is 108. The van der Waals surface area contributed by atoms with Crippen molar-refractivity contribution in [3.05, 3.63) is 0 Å². The molecule has 0 radical (unpaired) electrons. The van der Waals surface area contributed by atoms with Gasteiger partial charge in [0.15, 0.2) is 75.3 Å². The molecule has 36 N–H and O–H groups in total. The van der Waals surface area contributed by atoms with E-state index < -0.39 is 414 Å². The van der Waals surface area contributed by atoms with E-state index in [4.69, 9.17) is 135 Å². The van der Waals surface area contributed by atoms with E-state index >= 15 is 0 Å². The normalized spacial score (nSPS) is 50.4. The van der Waals surface area contributed by atoms with E-state index in [9.17, 15) is 167 Å². The minimum absolute atomic E-state index is 0.259. The van der Waals surface area contributed by atoms with Crippen molar-refractivity contribution in [1.29, 1.82) is 0 Å². The van der Waals surface area contributed by atoms with Gasteiger partial charge in [0.2, 0.25) is 0 Å². The van der Waals surface area contributed by atoms with E-state index in [1.54, 1.807) is 0 Å². The number of carboxylic acids is 1. The third-order valence-corrected chi connectivity index (χ3v) is 25.0. The van der Waals surface area contributed by atoms with Crippen LogP contribution in [-0.2, 0) is 131 Å². The molecule has 0 aromatic rings. The molecule has 130 heavy (non-hydrogen) atoms. The Hall–Kier alpha value is -2.35. The fourth-order valence-electron chi connectivity index (χ4n) is 15.7. The second-order valence-corrected chi connectivity index (χ2v) is 34.9. The molecular formula is C67H117N3O58P2. The summed E-state index contributed by atoms with van der Waals surface area (Å²) in [4.78, 5) is 32.8. The van der Waals surface area contributed by atoms with E-state index in [0.717, 1.165) is 0 Å². The van der Waals surface area contributed by atoms with Crippen LogP contribution in [-0.4, -0.2) is 564 Å². The number of nitrogens with two attached hydrogens (primary N) is 3. The Bertz CT molecular complexity index is 3570. The second-order valence-electron chi connectivity index (χ2n) is 32.0. The van der Waals surface area contributed by atoms with Gasteiger partial charge in [-0.15, -0.1) is 0 Å². The number of rotatable bonds is 37. The average Bonchev–Trinajstić information content (AvgIpc) is 0.774. The fraction of sp³-hybridized carbons (Fsp3) is 0.985. The summed E-state index contributed by atoms with van der Waals surface area (Å²) in [5, 5.41) is 313. The number of carbonyl (C=O) groups is 1. The van der Waals surface area contributed by atoms with Gasteiger partial charge in [0.1, 0.15) is 232 Å². The molecule has 2 unspecified atom stereocenters. The molecule has 0 aromatic carbocycles. The number of ether oxygens (including phenoxy) is 21. The van der Waals surface area contributed by atoms with Crippen LogP contribution in [0.1, 0.15) is 6.92 Å². The lowest BCUT2D eigenvalue weighted by molar-refractivity contribution is -0.411. The Morgan fingerprint density at radius 1 is 0.315 bits per heavy atom. The highest BCUT2D eigenvalue weighted by molar-refractivity contribution is 7.47. The zero-order valence-electron chi connectivity index (χ0n) is 68.2. The number of hydrogen-bond donors (Lipinski definition) is 33. The highest BCUT2D eigenvalue weighted by Crippen LogP contribution is 2.47. The summed E-state index contributed by atoms with van der Waals surface area (Å²) in [7, 11) is -10.2. The molecule has 0 saturated carbocycles. The van der Waals surface area contributed by atoms with Gasteiger partial charge in [-0.1, -0.05) is 0 Å². The maximum Gasteiger partial charge on any atom is 0.472 e. The molecule has 61 nitrogen and oxygen atoms in total. The summed E-state index contributed by atoms with van der Waals surface area (Å²) in [5.41, 5.74) is 16.7. The van der Waals surface area contributed by atoms with Gasteiger partial charge in [-0.3, -0.25) is 18.1 Å².